The molecular weight excluding hydrogens is 884 g/mol. The first-order valence-electron chi connectivity index (χ1n) is 22.6. The molecule has 3 aliphatic heterocycles. The average Bonchev–Trinajstić information content (AvgIpc) is 3.59. The van der Waals surface area contributed by atoms with Crippen molar-refractivity contribution in [2.75, 3.05) is 87.4 Å². The number of aromatic nitrogens is 2. The number of pyridine rings is 1. The third-order valence-corrected chi connectivity index (χ3v) is 14.5. The van der Waals surface area contributed by atoms with Crippen LogP contribution in [0, 0.1) is 15.5 Å². The van der Waals surface area contributed by atoms with Gasteiger partial charge in [-0.2, -0.15) is 4.98 Å². The molecule has 18 heteroatoms. The number of allylic oxidation sites excluding steroid dienone is 1. The number of hydrogen-bond acceptors (Lipinski definition) is 13. The van der Waals surface area contributed by atoms with Crippen LogP contribution >= 0.6 is 11.6 Å². The number of amides is 1. The highest BCUT2D eigenvalue weighted by molar-refractivity contribution is 7.90. The van der Waals surface area contributed by atoms with Crippen molar-refractivity contribution in [1.82, 2.24) is 19.6 Å². The van der Waals surface area contributed by atoms with E-state index in [1.54, 1.807) is 12.3 Å². The number of benzene rings is 3. The van der Waals surface area contributed by atoms with Crippen molar-refractivity contribution in [2.45, 2.75) is 57.0 Å². The molecule has 0 radical (unpaired) electrons. The maximum absolute atomic E-state index is 14.4. The van der Waals surface area contributed by atoms with Crippen LogP contribution in [0.3, 0.4) is 0 Å². The van der Waals surface area contributed by atoms with Crippen LogP contribution < -0.4 is 24.6 Å². The number of nitrogens with one attached hydrogen (secondary N) is 3. The lowest BCUT2D eigenvalue weighted by atomic mass is 9.81. The Morgan fingerprint density at radius 1 is 0.970 bits per heavy atom. The standard InChI is InChI=1S/C48H55ClN8O8S/c1-48(2)15-3-5-34(40(28-48)32-6-8-35(49)9-7-32)30-54-18-20-55(21-19-54)36-10-12-39(42(26-36)56-17-4-22-65-47-44(56)25-33-14-16-50-45(33)52-47)46(58)53-66(61,62)38-11-13-41(43(27-38)57(59)60)51-29-37-31-63-23-24-64-37/h6-14,16,25-27,37,51H,3-5,15,17-24,28-31H2,1-2H3,(H,50,52)(H,53,58)/t37-/m0/s1. The average molecular weight is 940 g/mol. The second-order valence-corrected chi connectivity index (χ2v) is 20.3. The van der Waals surface area contributed by atoms with Crippen LogP contribution in [0.5, 0.6) is 5.88 Å². The number of ether oxygens (including phenoxy) is 3. The molecule has 0 saturated carbocycles. The Hall–Kier alpha value is -5.72. The van der Waals surface area contributed by atoms with Crippen molar-refractivity contribution in [3.63, 3.8) is 0 Å². The number of nitro groups is 1. The van der Waals surface area contributed by atoms with E-state index in [2.05, 4.69) is 50.8 Å². The van der Waals surface area contributed by atoms with E-state index in [1.165, 1.54) is 35.3 Å². The zero-order chi connectivity index (χ0) is 46.0. The lowest BCUT2D eigenvalue weighted by molar-refractivity contribution is -0.384. The summed E-state index contributed by atoms with van der Waals surface area (Å²) < 4.78 is 47.3. The van der Waals surface area contributed by atoms with Gasteiger partial charge in [0.2, 0.25) is 5.88 Å². The lowest BCUT2D eigenvalue weighted by Gasteiger charge is -2.37. The highest BCUT2D eigenvalue weighted by Crippen LogP contribution is 2.43. The number of anilines is 4. The first-order chi connectivity index (χ1) is 31.8. The molecule has 2 fully saturated rings. The van der Waals surface area contributed by atoms with Crippen LogP contribution in [0.1, 0.15) is 61.9 Å². The molecule has 0 unspecified atom stereocenters. The van der Waals surface area contributed by atoms with E-state index < -0.39 is 31.4 Å². The molecule has 5 heterocycles. The summed E-state index contributed by atoms with van der Waals surface area (Å²) in [4.78, 5) is 40.1. The summed E-state index contributed by atoms with van der Waals surface area (Å²) in [6.45, 7) is 11.0. The quantitative estimate of drug-likeness (QED) is 0.0805. The summed E-state index contributed by atoms with van der Waals surface area (Å²) in [7, 11) is -4.60. The number of halogens is 1. The zero-order valence-electron chi connectivity index (χ0n) is 37.2. The number of rotatable bonds is 12. The molecule has 5 aromatic rings. The molecule has 2 aromatic heterocycles. The molecule has 4 aliphatic rings. The van der Waals surface area contributed by atoms with E-state index >= 15 is 0 Å². The number of fused-ring (bicyclic) bond motifs is 2. The van der Waals surface area contributed by atoms with Gasteiger partial charge in [-0.3, -0.25) is 19.8 Å². The summed E-state index contributed by atoms with van der Waals surface area (Å²) in [5.74, 6) is -0.502. The monoisotopic (exact) mass is 938 g/mol. The molecule has 1 amide bonds. The van der Waals surface area contributed by atoms with Crippen LogP contribution in [0.15, 0.2) is 89.5 Å². The number of carbonyl (C=O) groups excluding carboxylic acids is 1. The van der Waals surface area contributed by atoms with Gasteiger partial charge < -0.3 is 34.3 Å². The Bertz CT molecular complexity index is 2750. The minimum atomic E-state index is -4.60. The maximum Gasteiger partial charge on any atom is 0.293 e. The first kappa shape index (κ1) is 45.4. The highest BCUT2D eigenvalue weighted by Gasteiger charge is 2.31. The van der Waals surface area contributed by atoms with Gasteiger partial charge in [0.15, 0.2) is 0 Å². The number of carbonyl (C=O) groups is 1. The van der Waals surface area contributed by atoms with Gasteiger partial charge in [0.25, 0.3) is 21.6 Å². The van der Waals surface area contributed by atoms with Crippen LogP contribution in [-0.2, 0) is 19.5 Å². The van der Waals surface area contributed by atoms with Crippen LogP contribution in [-0.4, -0.2) is 112 Å². The fourth-order valence-electron chi connectivity index (χ4n) is 9.43. The third-order valence-electron chi connectivity index (χ3n) is 12.9. The molecule has 1 atom stereocenters. The van der Waals surface area contributed by atoms with Crippen LogP contribution in [0.4, 0.5) is 28.4 Å². The van der Waals surface area contributed by atoms with Gasteiger partial charge in [-0.05, 0) is 103 Å². The molecule has 3 aromatic carbocycles. The van der Waals surface area contributed by atoms with Gasteiger partial charge >= 0.3 is 0 Å². The van der Waals surface area contributed by atoms with Crippen molar-refractivity contribution in [2.24, 2.45) is 5.41 Å². The number of aromatic amines is 1. The summed E-state index contributed by atoms with van der Waals surface area (Å²) in [5.41, 5.74) is 6.75. The van der Waals surface area contributed by atoms with Crippen LogP contribution in [0.25, 0.3) is 16.6 Å². The van der Waals surface area contributed by atoms with E-state index in [0.717, 1.165) is 74.1 Å². The number of nitrogens with zero attached hydrogens (tertiary/aromatic N) is 5. The normalized spacial score (nSPS) is 19.4. The van der Waals surface area contributed by atoms with Crippen molar-refractivity contribution in [1.29, 1.82) is 0 Å². The zero-order valence-corrected chi connectivity index (χ0v) is 38.8. The SMILES string of the molecule is CC1(C)CCCC(CN2CCN(c3ccc(C(=O)NS(=O)(=O)c4ccc(NC[C@H]5COCCO5)c([N+](=O)[O-])c4)c(N4CCCOc5nc6[nH]ccc6cc54)c3)CC2)=C(c2ccc(Cl)cc2)C1. The third kappa shape index (κ3) is 10.1. The minimum absolute atomic E-state index is 0.100. The minimum Gasteiger partial charge on any atom is -0.476 e. The van der Waals surface area contributed by atoms with E-state index in [4.69, 9.17) is 30.8 Å². The van der Waals surface area contributed by atoms with Crippen molar-refractivity contribution in [3.8, 4) is 5.88 Å². The molecule has 1 aliphatic carbocycles. The topological polar surface area (TPSA) is 185 Å². The maximum atomic E-state index is 14.4. The molecule has 3 N–H and O–H groups in total. The number of piperazine rings is 1. The lowest BCUT2D eigenvalue weighted by Crippen LogP contribution is -2.47. The van der Waals surface area contributed by atoms with Gasteiger partial charge in [0.1, 0.15) is 17.0 Å². The fraction of sp³-hybridized carbons (Fsp3) is 0.417. The van der Waals surface area contributed by atoms with Gasteiger partial charge in [-0.25, -0.2) is 13.1 Å². The van der Waals surface area contributed by atoms with E-state index in [1.807, 2.05) is 41.3 Å². The Labute approximate surface area is 389 Å². The van der Waals surface area contributed by atoms with Gasteiger partial charge in [0, 0.05) is 74.2 Å². The second-order valence-electron chi connectivity index (χ2n) is 18.1. The number of nitro benzene ring substituents is 1. The molecule has 2 saturated heterocycles. The molecule has 0 spiro atoms. The van der Waals surface area contributed by atoms with Crippen molar-refractivity contribution in [3.05, 3.63) is 111 Å². The van der Waals surface area contributed by atoms with E-state index in [-0.39, 0.29) is 29.3 Å². The fourth-order valence-corrected chi connectivity index (χ4v) is 10.5. The van der Waals surface area contributed by atoms with E-state index in [9.17, 15) is 23.3 Å². The van der Waals surface area contributed by atoms with Gasteiger partial charge in [-0.1, -0.05) is 43.2 Å². The summed E-state index contributed by atoms with van der Waals surface area (Å²) >= 11 is 6.30. The van der Waals surface area contributed by atoms with Gasteiger partial charge in [0.05, 0.1) is 53.6 Å². The van der Waals surface area contributed by atoms with Gasteiger partial charge in [-0.15, -0.1) is 0 Å². The first-order valence-corrected chi connectivity index (χ1v) is 24.4. The molecule has 9 rings (SSSR count). The molecular formula is C48H55ClN8O8S. The van der Waals surface area contributed by atoms with E-state index in [0.29, 0.717) is 62.3 Å². The second kappa shape index (κ2) is 19.2. The van der Waals surface area contributed by atoms with Crippen LogP contribution in [0.2, 0.25) is 5.02 Å². The summed E-state index contributed by atoms with van der Waals surface area (Å²) in [5, 5.41) is 16.7. The van der Waals surface area contributed by atoms with Crippen molar-refractivity contribution >= 4 is 72.6 Å². The smallest absolute Gasteiger partial charge is 0.293 e. The Balaban J connectivity index is 0.988. The number of sulfonamides is 1. The molecule has 0 bridgehead atoms. The largest absolute Gasteiger partial charge is 0.476 e. The Morgan fingerprint density at radius 3 is 2.56 bits per heavy atom. The molecule has 66 heavy (non-hydrogen) atoms. The number of H-pyrrole nitrogens is 1. The molecule has 16 nitrogen and oxygen atoms in total. The predicted octanol–water partition coefficient (Wildman–Crippen LogP) is 8.17. The highest BCUT2D eigenvalue weighted by atomic mass is 35.5. The van der Waals surface area contributed by atoms with Crippen molar-refractivity contribution < 1.29 is 32.3 Å². The predicted molar refractivity (Wildman–Crippen MR) is 256 cm³/mol. The Kier molecular flexibility index (Phi) is 13.3. The Morgan fingerprint density at radius 2 is 1.79 bits per heavy atom. The summed E-state index contributed by atoms with van der Waals surface area (Å²) in [6, 6.07) is 21.0. The number of hydrogen-bond donors (Lipinski definition) is 3. The molecule has 348 valence electrons. The summed E-state index contributed by atoms with van der Waals surface area (Å²) in [6.07, 6.45) is 6.46.